The molecule has 0 aliphatic heterocycles. The number of nitrogens with zero attached hydrogens (tertiary/aromatic N) is 3. The van der Waals surface area contributed by atoms with E-state index in [9.17, 15) is 14.0 Å². The molecule has 0 bridgehead atoms. The molecule has 0 radical (unpaired) electrons. The van der Waals surface area contributed by atoms with Gasteiger partial charge in [-0.15, -0.1) is 0 Å². The van der Waals surface area contributed by atoms with Crippen molar-refractivity contribution in [3.05, 3.63) is 82.0 Å². The van der Waals surface area contributed by atoms with E-state index >= 15 is 0 Å². The van der Waals surface area contributed by atoms with Gasteiger partial charge in [-0.25, -0.2) is 4.39 Å². The second-order valence-corrected chi connectivity index (χ2v) is 6.45. The van der Waals surface area contributed by atoms with Crippen LogP contribution in [0, 0.1) is 5.82 Å². The Balaban J connectivity index is 1.88. The molecule has 30 heavy (non-hydrogen) atoms. The number of aromatic nitrogens is 2. The third-order valence-electron chi connectivity index (χ3n) is 4.58. The van der Waals surface area contributed by atoms with Gasteiger partial charge in [0, 0.05) is 19.2 Å². The smallest absolute Gasteiger partial charge is 0.274 e. The molecule has 0 N–H and O–H groups in total. The van der Waals surface area contributed by atoms with Gasteiger partial charge in [-0.3, -0.25) is 9.59 Å². The summed E-state index contributed by atoms with van der Waals surface area (Å²) < 4.78 is 24.8. The highest BCUT2D eigenvalue weighted by molar-refractivity contribution is 5.92. The van der Waals surface area contributed by atoms with Crippen molar-refractivity contribution in [2.45, 2.75) is 13.5 Å². The van der Waals surface area contributed by atoms with E-state index in [0.29, 0.717) is 30.3 Å². The number of hydrogen-bond donors (Lipinski definition) is 0. The van der Waals surface area contributed by atoms with E-state index < -0.39 is 11.4 Å². The largest absolute Gasteiger partial charge is 0.493 e. The van der Waals surface area contributed by atoms with E-state index in [2.05, 4.69) is 5.10 Å². The first kappa shape index (κ1) is 21.0. The maximum atomic E-state index is 13.2. The highest BCUT2D eigenvalue weighted by atomic mass is 19.1. The maximum absolute atomic E-state index is 13.2. The summed E-state index contributed by atoms with van der Waals surface area (Å²) in [5.41, 5.74) is 0.927. The number of carbonyl (C=O) groups is 1. The van der Waals surface area contributed by atoms with Gasteiger partial charge >= 0.3 is 0 Å². The van der Waals surface area contributed by atoms with Crippen LogP contribution in [-0.4, -0.2) is 41.4 Å². The number of methoxy groups -OCH3 is 2. The lowest BCUT2D eigenvalue weighted by Gasteiger charge is -2.21. The first-order chi connectivity index (χ1) is 14.5. The molecule has 0 saturated carbocycles. The zero-order valence-corrected chi connectivity index (χ0v) is 17.0. The predicted molar refractivity (Wildman–Crippen MR) is 110 cm³/mol. The third kappa shape index (κ3) is 4.48. The molecule has 156 valence electrons. The van der Waals surface area contributed by atoms with Gasteiger partial charge in [0.1, 0.15) is 11.5 Å². The predicted octanol–water partition coefficient (Wildman–Crippen LogP) is 3.05. The van der Waals surface area contributed by atoms with Crippen LogP contribution in [0.15, 0.2) is 59.4 Å². The van der Waals surface area contributed by atoms with Crippen molar-refractivity contribution in [2.75, 3.05) is 20.8 Å². The van der Waals surface area contributed by atoms with Crippen molar-refractivity contribution >= 4 is 5.91 Å². The number of carbonyl (C=O) groups excluding carboxylic acids is 1. The Morgan fingerprint density at radius 3 is 2.37 bits per heavy atom. The Morgan fingerprint density at radius 1 is 1.03 bits per heavy atom. The Morgan fingerprint density at radius 2 is 1.73 bits per heavy atom. The molecule has 0 fully saturated rings. The second-order valence-electron chi connectivity index (χ2n) is 6.45. The first-order valence-electron chi connectivity index (χ1n) is 9.33. The van der Waals surface area contributed by atoms with Crippen LogP contribution in [-0.2, 0) is 6.54 Å². The average Bonchev–Trinajstić information content (AvgIpc) is 2.77. The highest BCUT2D eigenvalue weighted by Gasteiger charge is 2.18. The quantitative estimate of drug-likeness (QED) is 0.598. The molecule has 8 heteroatoms. The molecule has 2 aromatic carbocycles. The Kier molecular flexibility index (Phi) is 6.46. The van der Waals surface area contributed by atoms with Gasteiger partial charge in [-0.1, -0.05) is 6.07 Å². The normalized spacial score (nSPS) is 10.5. The summed E-state index contributed by atoms with van der Waals surface area (Å²) in [6.07, 6.45) is 0. The molecular weight excluding hydrogens is 389 g/mol. The fourth-order valence-electron chi connectivity index (χ4n) is 2.98. The number of hydrogen-bond acceptors (Lipinski definition) is 5. The summed E-state index contributed by atoms with van der Waals surface area (Å²) in [4.78, 5) is 26.8. The minimum absolute atomic E-state index is 0.112. The molecule has 3 rings (SSSR count). The lowest BCUT2D eigenvalue weighted by molar-refractivity contribution is 0.0744. The number of rotatable bonds is 7. The Hall–Kier alpha value is -3.68. The molecule has 0 saturated heterocycles. The van der Waals surface area contributed by atoms with Crippen molar-refractivity contribution in [1.82, 2.24) is 14.7 Å². The number of halogens is 1. The van der Waals surface area contributed by atoms with Crippen molar-refractivity contribution in [2.24, 2.45) is 0 Å². The van der Waals surface area contributed by atoms with E-state index in [-0.39, 0.29) is 11.6 Å². The van der Waals surface area contributed by atoms with Crippen molar-refractivity contribution in [3.8, 4) is 17.2 Å². The maximum Gasteiger partial charge on any atom is 0.274 e. The number of ether oxygens (including phenoxy) is 2. The van der Waals surface area contributed by atoms with Crippen LogP contribution < -0.4 is 15.0 Å². The monoisotopic (exact) mass is 411 g/mol. The van der Waals surface area contributed by atoms with Gasteiger partial charge in [-0.2, -0.15) is 9.78 Å². The SMILES string of the molecule is CCN(Cc1ccc(OC)c(OC)c1)C(=O)c1ccc(=O)n(-c2ccc(F)cc2)n1. The summed E-state index contributed by atoms with van der Waals surface area (Å²) in [6.45, 7) is 2.62. The molecule has 0 aliphatic rings. The molecule has 1 heterocycles. The minimum atomic E-state index is -0.425. The van der Waals surface area contributed by atoms with E-state index in [1.165, 1.54) is 36.4 Å². The van der Waals surface area contributed by atoms with E-state index in [1.54, 1.807) is 25.2 Å². The van der Waals surface area contributed by atoms with Gasteiger partial charge in [-0.05, 0) is 55.0 Å². The highest BCUT2D eigenvalue weighted by Crippen LogP contribution is 2.28. The number of amides is 1. The Labute approximate surface area is 173 Å². The van der Waals surface area contributed by atoms with Gasteiger partial charge in [0.25, 0.3) is 11.5 Å². The summed E-state index contributed by atoms with van der Waals surface area (Å²) in [5.74, 6) is 0.416. The van der Waals surface area contributed by atoms with Crippen LogP contribution in [0.5, 0.6) is 11.5 Å². The average molecular weight is 411 g/mol. The molecular formula is C22H22FN3O4. The molecule has 0 atom stereocenters. The molecule has 7 nitrogen and oxygen atoms in total. The summed E-state index contributed by atoms with van der Waals surface area (Å²) in [7, 11) is 3.11. The number of benzene rings is 2. The van der Waals surface area contributed by atoms with Crippen LogP contribution in [0.1, 0.15) is 23.0 Å². The zero-order valence-electron chi connectivity index (χ0n) is 17.0. The standard InChI is InChI=1S/C22H22FN3O4/c1-4-25(14-15-5-11-19(29-2)20(13-15)30-3)22(28)18-10-12-21(27)26(24-18)17-8-6-16(23)7-9-17/h5-13H,4,14H2,1-3H3. The first-order valence-corrected chi connectivity index (χ1v) is 9.33. The van der Waals surface area contributed by atoms with Gasteiger partial charge in [0.15, 0.2) is 11.5 Å². The summed E-state index contributed by atoms with van der Waals surface area (Å²) >= 11 is 0. The lowest BCUT2D eigenvalue weighted by Crippen LogP contribution is -2.33. The molecule has 0 aliphatic carbocycles. The van der Waals surface area contributed by atoms with Crippen molar-refractivity contribution < 1.29 is 18.7 Å². The molecule has 1 amide bonds. The van der Waals surface area contributed by atoms with Crippen LogP contribution in [0.2, 0.25) is 0 Å². The van der Waals surface area contributed by atoms with Gasteiger partial charge in [0.05, 0.1) is 19.9 Å². The summed E-state index contributed by atoms with van der Waals surface area (Å²) in [5, 5.41) is 4.19. The third-order valence-corrected chi connectivity index (χ3v) is 4.58. The van der Waals surface area contributed by atoms with Crippen LogP contribution in [0.4, 0.5) is 4.39 Å². The summed E-state index contributed by atoms with van der Waals surface area (Å²) in [6, 6.07) is 13.4. The van der Waals surface area contributed by atoms with Gasteiger partial charge in [0.2, 0.25) is 0 Å². The second kappa shape index (κ2) is 9.21. The van der Waals surface area contributed by atoms with E-state index in [1.807, 2.05) is 19.1 Å². The van der Waals surface area contributed by atoms with Crippen LogP contribution in [0.25, 0.3) is 5.69 Å². The van der Waals surface area contributed by atoms with E-state index in [0.717, 1.165) is 10.2 Å². The fourth-order valence-corrected chi connectivity index (χ4v) is 2.98. The Bertz CT molecular complexity index is 1100. The van der Waals surface area contributed by atoms with Crippen molar-refractivity contribution in [1.29, 1.82) is 0 Å². The fraction of sp³-hybridized carbons (Fsp3) is 0.227. The lowest BCUT2D eigenvalue weighted by atomic mass is 10.1. The molecule has 3 aromatic rings. The minimum Gasteiger partial charge on any atom is -0.493 e. The molecule has 0 unspecified atom stereocenters. The van der Waals surface area contributed by atoms with E-state index in [4.69, 9.17) is 9.47 Å². The van der Waals surface area contributed by atoms with Crippen LogP contribution >= 0.6 is 0 Å². The molecule has 1 aromatic heterocycles. The zero-order chi connectivity index (χ0) is 21.7. The molecule has 0 spiro atoms. The van der Waals surface area contributed by atoms with Crippen molar-refractivity contribution in [3.63, 3.8) is 0 Å². The van der Waals surface area contributed by atoms with Gasteiger partial charge < -0.3 is 14.4 Å². The van der Waals surface area contributed by atoms with Crippen LogP contribution in [0.3, 0.4) is 0 Å². The topological polar surface area (TPSA) is 73.7 Å².